The maximum absolute atomic E-state index is 6.44. The SMILES string of the molecule is ClC(c1ccccc1)c1nc2ccc(Br)cc2[nH]1. The summed E-state index contributed by atoms with van der Waals surface area (Å²) < 4.78 is 1.02. The molecule has 0 aliphatic heterocycles. The fourth-order valence-electron chi connectivity index (χ4n) is 1.90. The summed E-state index contributed by atoms with van der Waals surface area (Å²) in [6, 6.07) is 15.9. The summed E-state index contributed by atoms with van der Waals surface area (Å²) in [5.74, 6) is 0.774. The molecule has 1 N–H and O–H groups in total. The van der Waals surface area contributed by atoms with Crippen LogP contribution in [0.25, 0.3) is 11.0 Å². The molecule has 2 aromatic carbocycles. The maximum atomic E-state index is 6.44. The van der Waals surface area contributed by atoms with Crippen LogP contribution in [0.4, 0.5) is 0 Å². The molecule has 0 amide bonds. The van der Waals surface area contributed by atoms with Crippen molar-refractivity contribution >= 4 is 38.6 Å². The second kappa shape index (κ2) is 4.75. The zero-order valence-corrected chi connectivity index (χ0v) is 11.7. The normalized spacial score (nSPS) is 12.8. The van der Waals surface area contributed by atoms with Gasteiger partial charge in [0.2, 0.25) is 0 Å². The van der Waals surface area contributed by atoms with E-state index in [4.69, 9.17) is 11.6 Å². The first-order valence-electron chi connectivity index (χ1n) is 5.58. The first-order valence-corrected chi connectivity index (χ1v) is 6.81. The van der Waals surface area contributed by atoms with Crippen molar-refractivity contribution in [1.29, 1.82) is 0 Å². The monoisotopic (exact) mass is 320 g/mol. The third kappa shape index (κ3) is 2.16. The second-order valence-electron chi connectivity index (χ2n) is 4.06. The van der Waals surface area contributed by atoms with Crippen molar-refractivity contribution in [2.75, 3.05) is 0 Å². The van der Waals surface area contributed by atoms with Gasteiger partial charge < -0.3 is 4.98 Å². The van der Waals surface area contributed by atoms with Gasteiger partial charge in [0.25, 0.3) is 0 Å². The molecule has 2 nitrogen and oxygen atoms in total. The van der Waals surface area contributed by atoms with Crippen molar-refractivity contribution in [3.05, 3.63) is 64.4 Å². The summed E-state index contributed by atoms with van der Waals surface area (Å²) >= 11 is 9.88. The highest BCUT2D eigenvalue weighted by Gasteiger charge is 2.14. The van der Waals surface area contributed by atoms with E-state index in [1.807, 2.05) is 48.5 Å². The molecule has 1 aromatic heterocycles. The lowest BCUT2D eigenvalue weighted by atomic mass is 10.1. The Balaban J connectivity index is 2.04. The third-order valence-electron chi connectivity index (χ3n) is 2.79. The highest BCUT2D eigenvalue weighted by atomic mass is 79.9. The number of imidazole rings is 1. The molecule has 0 saturated heterocycles. The molecule has 3 rings (SSSR count). The number of hydrogen-bond acceptors (Lipinski definition) is 1. The lowest BCUT2D eigenvalue weighted by Crippen LogP contribution is -1.94. The van der Waals surface area contributed by atoms with Crippen LogP contribution in [0.5, 0.6) is 0 Å². The number of alkyl halides is 1. The average molecular weight is 322 g/mol. The molecule has 0 spiro atoms. The van der Waals surface area contributed by atoms with Gasteiger partial charge in [-0.05, 0) is 23.8 Å². The van der Waals surface area contributed by atoms with Gasteiger partial charge in [-0.15, -0.1) is 11.6 Å². The van der Waals surface area contributed by atoms with Crippen LogP contribution < -0.4 is 0 Å². The molecule has 90 valence electrons. The van der Waals surface area contributed by atoms with Gasteiger partial charge in [-0.25, -0.2) is 4.98 Å². The van der Waals surface area contributed by atoms with Crippen molar-refractivity contribution in [3.63, 3.8) is 0 Å². The molecule has 0 fully saturated rings. The molecule has 0 aliphatic rings. The zero-order valence-electron chi connectivity index (χ0n) is 9.40. The maximum Gasteiger partial charge on any atom is 0.129 e. The van der Waals surface area contributed by atoms with Gasteiger partial charge in [0.15, 0.2) is 0 Å². The minimum atomic E-state index is -0.252. The van der Waals surface area contributed by atoms with E-state index in [2.05, 4.69) is 25.9 Å². The summed E-state index contributed by atoms with van der Waals surface area (Å²) in [5, 5.41) is -0.252. The van der Waals surface area contributed by atoms with Gasteiger partial charge in [0, 0.05) is 4.47 Å². The van der Waals surface area contributed by atoms with Crippen LogP contribution in [0.15, 0.2) is 53.0 Å². The number of aromatic nitrogens is 2. The van der Waals surface area contributed by atoms with E-state index in [9.17, 15) is 0 Å². The van der Waals surface area contributed by atoms with Gasteiger partial charge in [0.1, 0.15) is 11.2 Å². The Labute approximate surface area is 118 Å². The van der Waals surface area contributed by atoms with Gasteiger partial charge in [0.05, 0.1) is 11.0 Å². The lowest BCUT2D eigenvalue weighted by molar-refractivity contribution is 1.00. The Bertz CT molecular complexity index is 679. The number of nitrogens with zero attached hydrogens (tertiary/aromatic N) is 1. The van der Waals surface area contributed by atoms with E-state index in [0.717, 1.165) is 26.9 Å². The van der Waals surface area contributed by atoms with Gasteiger partial charge in [-0.3, -0.25) is 0 Å². The molecule has 1 unspecified atom stereocenters. The van der Waals surface area contributed by atoms with Crippen molar-refractivity contribution in [3.8, 4) is 0 Å². The number of nitrogens with one attached hydrogen (secondary N) is 1. The molecule has 0 bridgehead atoms. The van der Waals surface area contributed by atoms with Gasteiger partial charge in [-0.2, -0.15) is 0 Å². The molecule has 0 aliphatic carbocycles. The number of halogens is 2. The second-order valence-corrected chi connectivity index (χ2v) is 5.41. The van der Waals surface area contributed by atoms with E-state index in [1.54, 1.807) is 0 Å². The number of benzene rings is 2. The molecule has 18 heavy (non-hydrogen) atoms. The van der Waals surface area contributed by atoms with Crippen molar-refractivity contribution in [2.45, 2.75) is 5.38 Å². The molecule has 0 saturated carbocycles. The van der Waals surface area contributed by atoms with E-state index < -0.39 is 0 Å². The van der Waals surface area contributed by atoms with E-state index in [0.29, 0.717) is 0 Å². The smallest absolute Gasteiger partial charge is 0.129 e. The molecule has 0 radical (unpaired) electrons. The lowest BCUT2D eigenvalue weighted by Gasteiger charge is -2.05. The minimum absolute atomic E-state index is 0.252. The molecule has 3 aromatic rings. The Kier molecular flexibility index (Phi) is 3.10. The van der Waals surface area contributed by atoms with Crippen LogP contribution in [0.2, 0.25) is 0 Å². The molecular formula is C14H10BrClN2. The van der Waals surface area contributed by atoms with Crippen LogP contribution in [0, 0.1) is 0 Å². The van der Waals surface area contributed by atoms with E-state index >= 15 is 0 Å². The first-order chi connectivity index (χ1) is 8.74. The number of fused-ring (bicyclic) bond motifs is 1. The standard InChI is InChI=1S/C14H10BrClN2/c15-10-6-7-11-12(8-10)18-14(17-11)13(16)9-4-2-1-3-5-9/h1-8,13H,(H,17,18). The highest BCUT2D eigenvalue weighted by molar-refractivity contribution is 9.10. The minimum Gasteiger partial charge on any atom is -0.340 e. The van der Waals surface area contributed by atoms with Crippen molar-refractivity contribution < 1.29 is 0 Å². The van der Waals surface area contributed by atoms with Crippen LogP contribution >= 0.6 is 27.5 Å². The highest BCUT2D eigenvalue weighted by Crippen LogP contribution is 2.28. The predicted molar refractivity (Wildman–Crippen MR) is 77.9 cm³/mol. The van der Waals surface area contributed by atoms with E-state index in [1.165, 1.54) is 0 Å². The van der Waals surface area contributed by atoms with Crippen molar-refractivity contribution in [2.24, 2.45) is 0 Å². The van der Waals surface area contributed by atoms with Crippen LogP contribution in [-0.2, 0) is 0 Å². The summed E-state index contributed by atoms with van der Waals surface area (Å²) in [6.45, 7) is 0. The topological polar surface area (TPSA) is 28.7 Å². The number of aromatic amines is 1. The Morgan fingerprint density at radius 1 is 1.11 bits per heavy atom. The third-order valence-corrected chi connectivity index (χ3v) is 3.75. The predicted octanol–water partition coefficient (Wildman–Crippen LogP) is 4.65. The molecule has 4 heteroatoms. The average Bonchev–Trinajstić information content (AvgIpc) is 2.81. The van der Waals surface area contributed by atoms with Crippen LogP contribution in [-0.4, -0.2) is 9.97 Å². The van der Waals surface area contributed by atoms with Crippen LogP contribution in [0.3, 0.4) is 0 Å². The quantitative estimate of drug-likeness (QED) is 0.684. The summed E-state index contributed by atoms with van der Waals surface area (Å²) in [7, 11) is 0. The van der Waals surface area contributed by atoms with Crippen molar-refractivity contribution in [1.82, 2.24) is 9.97 Å². The van der Waals surface area contributed by atoms with Crippen LogP contribution in [0.1, 0.15) is 16.8 Å². The zero-order chi connectivity index (χ0) is 12.5. The summed E-state index contributed by atoms with van der Waals surface area (Å²) in [5.41, 5.74) is 2.95. The Morgan fingerprint density at radius 3 is 2.67 bits per heavy atom. The molecular weight excluding hydrogens is 312 g/mol. The largest absolute Gasteiger partial charge is 0.340 e. The fraction of sp³-hybridized carbons (Fsp3) is 0.0714. The summed E-state index contributed by atoms with van der Waals surface area (Å²) in [6.07, 6.45) is 0. The summed E-state index contributed by atoms with van der Waals surface area (Å²) in [4.78, 5) is 7.78. The first kappa shape index (κ1) is 11.8. The molecule has 1 heterocycles. The molecule has 1 atom stereocenters. The van der Waals surface area contributed by atoms with E-state index in [-0.39, 0.29) is 5.38 Å². The number of hydrogen-bond donors (Lipinski definition) is 1. The van der Waals surface area contributed by atoms with Gasteiger partial charge >= 0.3 is 0 Å². The van der Waals surface area contributed by atoms with Gasteiger partial charge in [-0.1, -0.05) is 46.3 Å². The fourth-order valence-corrected chi connectivity index (χ4v) is 2.51. The number of rotatable bonds is 2. The number of H-pyrrole nitrogens is 1. The Hall–Kier alpha value is -1.32. The Morgan fingerprint density at radius 2 is 1.89 bits per heavy atom.